The van der Waals surface area contributed by atoms with Crippen molar-refractivity contribution in [2.24, 2.45) is 23.5 Å². The molecule has 6 atom stereocenters. The Labute approximate surface area is 241 Å². The number of likely N-dealkylation sites (tertiary alicyclic amines) is 2. The fourth-order valence-corrected chi connectivity index (χ4v) is 7.93. The Balaban J connectivity index is 1.09. The summed E-state index contributed by atoms with van der Waals surface area (Å²) in [6.45, 7) is 9.24. The van der Waals surface area contributed by atoms with E-state index in [1.54, 1.807) is 32.9 Å². The van der Waals surface area contributed by atoms with Crippen LogP contribution >= 0.6 is 0 Å². The quantitative estimate of drug-likeness (QED) is 0.521. The molecule has 2 saturated carbocycles. The van der Waals surface area contributed by atoms with Crippen LogP contribution in [0.5, 0.6) is 0 Å². The summed E-state index contributed by atoms with van der Waals surface area (Å²) >= 11 is 0. The first-order chi connectivity index (χ1) is 19.5. The average molecular weight is 571 g/mol. The number of halogens is 1. The van der Waals surface area contributed by atoms with Crippen molar-refractivity contribution in [1.29, 1.82) is 0 Å². The first-order valence-electron chi connectivity index (χ1n) is 15.2. The number of carbonyl (C=O) groups excluding carboxylic acids is 3. The van der Waals surface area contributed by atoms with Gasteiger partial charge in [-0.3, -0.25) is 19.4 Å². The minimum absolute atomic E-state index is 0.00268. The summed E-state index contributed by atoms with van der Waals surface area (Å²) in [6.07, 6.45) is 3.93. The van der Waals surface area contributed by atoms with Crippen LogP contribution in [0, 0.1) is 23.6 Å². The lowest BCUT2D eigenvalue weighted by Crippen LogP contribution is -2.57. The molecular weight excluding hydrogens is 527 g/mol. The van der Waals surface area contributed by atoms with Crippen molar-refractivity contribution in [3.8, 4) is 0 Å². The van der Waals surface area contributed by atoms with Gasteiger partial charge in [0.1, 0.15) is 23.5 Å². The van der Waals surface area contributed by atoms with Gasteiger partial charge in [-0.25, -0.2) is 9.18 Å². The highest BCUT2D eigenvalue weighted by Gasteiger charge is 2.53. The van der Waals surface area contributed by atoms with Crippen molar-refractivity contribution in [3.63, 3.8) is 0 Å². The fraction of sp³-hybridized carbons (Fsp3) is 0.710. The number of nitrogens with one attached hydrogen (secondary N) is 1. The van der Waals surface area contributed by atoms with Crippen LogP contribution in [0.15, 0.2) is 18.2 Å². The van der Waals surface area contributed by atoms with E-state index in [9.17, 15) is 14.4 Å². The Morgan fingerprint density at radius 2 is 1.78 bits per heavy atom. The zero-order valence-electron chi connectivity index (χ0n) is 24.3. The van der Waals surface area contributed by atoms with E-state index in [2.05, 4.69) is 10.2 Å². The Hall–Kier alpha value is -2.72. The fourth-order valence-electron chi connectivity index (χ4n) is 7.93. The van der Waals surface area contributed by atoms with Crippen molar-refractivity contribution in [1.82, 2.24) is 15.1 Å². The van der Waals surface area contributed by atoms with Gasteiger partial charge in [0.25, 0.3) is 0 Å². The molecule has 1 aromatic carbocycles. The summed E-state index contributed by atoms with van der Waals surface area (Å²) in [5.41, 5.74) is 6.31. The van der Waals surface area contributed by atoms with Crippen molar-refractivity contribution in [3.05, 3.63) is 35.1 Å². The Bertz CT molecular complexity index is 1190. The maximum atomic E-state index is 15.4. The molecule has 0 radical (unpaired) electrons. The Kier molecular flexibility index (Phi) is 7.51. The van der Waals surface area contributed by atoms with Gasteiger partial charge < -0.3 is 20.5 Å². The van der Waals surface area contributed by atoms with Crippen molar-refractivity contribution < 1.29 is 28.2 Å². The monoisotopic (exact) mass is 570 g/mol. The average Bonchev–Trinajstić information content (AvgIpc) is 3.62. The molecular formula is C31H43FN4O5. The number of nitrogens with zero attached hydrogens (tertiary/aromatic N) is 2. The lowest BCUT2D eigenvalue weighted by molar-refractivity contribution is -0.132. The van der Waals surface area contributed by atoms with E-state index < -0.39 is 35.6 Å². The van der Waals surface area contributed by atoms with Crippen LogP contribution in [-0.4, -0.2) is 83.8 Å². The van der Waals surface area contributed by atoms with Gasteiger partial charge in [-0.15, -0.1) is 0 Å². The van der Waals surface area contributed by atoms with Gasteiger partial charge in [-0.05, 0) is 93.7 Å². The van der Waals surface area contributed by atoms with Crippen molar-refractivity contribution in [2.45, 2.75) is 95.0 Å². The second kappa shape index (κ2) is 10.8. The largest absolute Gasteiger partial charge is 0.444 e. The zero-order valence-corrected chi connectivity index (χ0v) is 24.3. The van der Waals surface area contributed by atoms with Gasteiger partial charge in [-0.1, -0.05) is 12.1 Å². The van der Waals surface area contributed by atoms with Crippen molar-refractivity contribution in [2.75, 3.05) is 26.3 Å². The predicted octanol–water partition coefficient (Wildman–Crippen LogP) is 2.95. The van der Waals surface area contributed by atoms with Crippen LogP contribution < -0.4 is 11.1 Å². The molecule has 41 heavy (non-hydrogen) atoms. The lowest BCUT2D eigenvalue weighted by Gasteiger charge is -2.36. The molecule has 5 fully saturated rings. The summed E-state index contributed by atoms with van der Waals surface area (Å²) in [7, 11) is 0. The summed E-state index contributed by atoms with van der Waals surface area (Å²) in [6, 6.07) is 3.97. The molecule has 2 aliphatic carbocycles. The standard InChI is InChI=1S/C31H43FN4O5/c1-31(2,3)41-30(39)36-23-7-6-19(10-23)27(36)29(38)34-26(28(33)37)12-18-5-4-17(11-25(18)32)20-8-21-13-35(14-22(21)9-20)24-15-40-16-24/h4-5,11,19-24,26-27H,6-10,12-16H2,1-3H3,(H2,33,37)(H,34,38)/t19?,20?,21?,22?,23?,26-,27?/m0/s1. The second-order valence-corrected chi connectivity index (χ2v) is 13.9. The van der Waals surface area contributed by atoms with Gasteiger partial charge in [-0.2, -0.15) is 0 Å². The van der Waals surface area contributed by atoms with E-state index in [1.807, 2.05) is 6.07 Å². The first kappa shape index (κ1) is 28.4. The van der Waals surface area contributed by atoms with Crippen LogP contribution in [0.25, 0.3) is 0 Å². The SMILES string of the molecule is CC(C)(C)OC(=O)N1C2CCC(C2)C1C(=O)N[C@@H](Cc1ccc(C2CC3CN(C4COC4)CC3C2)cc1F)C(N)=O. The van der Waals surface area contributed by atoms with Crippen LogP contribution in [0.4, 0.5) is 9.18 Å². The zero-order chi connectivity index (χ0) is 29.1. The predicted molar refractivity (Wildman–Crippen MR) is 149 cm³/mol. The van der Waals surface area contributed by atoms with E-state index in [4.69, 9.17) is 15.2 Å². The molecule has 3 saturated heterocycles. The van der Waals surface area contributed by atoms with Gasteiger partial charge in [0.05, 0.1) is 19.3 Å². The molecule has 3 N–H and O–H groups in total. The van der Waals surface area contributed by atoms with E-state index in [0.29, 0.717) is 29.4 Å². The number of carbonyl (C=O) groups is 3. The molecule has 0 spiro atoms. The van der Waals surface area contributed by atoms with Crippen LogP contribution in [-0.2, 0) is 25.5 Å². The molecule has 5 aliphatic rings. The molecule has 6 rings (SSSR count). The van der Waals surface area contributed by atoms with E-state index in [0.717, 1.165) is 64.0 Å². The number of nitrogens with two attached hydrogens (primary N) is 1. The molecule has 10 heteroatoms. The topological polar surface area (TPSA) is 114 Å². The van der Waals surface area contributed by atoms with E-state index in [1.165, 1.54) is 4.90 Å². The van der Waals surface area contributed by atoms with Crippen LogP contribution in [0.1, 0.15) is 69.9 Å². The highest BCUT2D eigenvalue weighted by molar-refractivity contribution is 5.91. The van der Waals surface area contributed by atoms with Gasteiger partial charge in [0.15, 0.2) is 0 Å². The van der Waals surface area contributed by atoms with E-state index >= 15 is 4.39 Å². The molecule has 3 amide bonds. The molecule has 2 bridgehead atoms. The molecule has 9 nitrogen and oxygen atoms in total. The Morgan fingerprint density at radius 3 is 2.37 bits per heavy atom. The number of piperidine rings is 1. The maximum absolute atomic E-state index is 15.4. The molecule has 5 unspecified atom stereocenters. The third kappa shape index (κ3) is 5.69. The summed E-state index contributed by atoms with van der Waals surface area (Å²) < 4.78 is 26.3. The minimum atomic E-state index is -1.09. The summed E-state index contributed by atoms with van der Waals surface area (Å²) in [4.78, 5) is 42.9. The van der Waals surface area contributed by atoms with Crippen LogP contribution in [0.3, 0.4) is 0 Å². The molecule has 3 heterocycles. The van der Waals surface area contributed by atoms with Gasteiger partial charge >= 0.3 is 6.09 Å². The smallest absolute Gasteiger partial charge is 0.411 e. The molecule has 0 aromatic heterocycles. The van der Waals surface area contributed by atoms with E-state index in [-0.39, 0.29) is 24.2 Å². The Morgan fingerprint density at radius 1 is 1.07 bits per heavy atom. The molecule has 1 aromatic rings. The normalized spacial score (nSPS) is 32.0. The summed E-state index contributed by atoms with van der Waals surface area (Å²) in [5.74, 6) is 0.0489. The first-order valence-corrected chi connectivity index (χ1v) is 15.2. The number of hydrogen-bond acceptors (Lipinski definition) is 6. The maximum Gasteiger partial charge on any atom is 0.411 e. The molecule has 3 aliphatic heterocycles. The minimum Gasteiger partial charge on any atom is -0.444 e. The second-order valence-electron chi connectivity index (χ2n) is 13.9. The number of ether oxygens (including phenoxy) is 2. The highest BCUT2D eigenvalue weighted by Crippen LogP contribution is 2.47. The third-order valence-corrected chi connectivity index (χ3v) is 10.0. The number of primary amides is 1. The number of fused-ring (bicyclic) bond motifs is 3. The van der Waals surface area contributed by atoms with Crippen molar-refractivity contribution >= 4 is 17.9 Å². The number of amides is 3. The molecule has 224 valence electrons. The lowest BCUT2D eigenvalue weighted by atomic mass is 9.93. The third-order valence-electron chi connectivity index (χ3n) is 10.0. The van der Waals surface area contributed by atoms with Crippen LogP contribution in [0.2, 0.25) is 0 Å². The number of rotatable bonds is 7. The number of benzene rings is 1. The van der Waals surface area contributed by atoms with Gasteiger partial charge in [0.2, 0.25) is 11.8 Å². The highest BCUT2D eigenvalue weighted by atomic mass is 19.1. The summed E-state index contributed by atoms with van der Waals surface area (Å²) in [5, 5.41) is 2.74. The number of hydrogen-bond donors (Lipinski definition) is 2. The van der Waals surface area contributed by atoms with Gasteiger partial charge in [0, 0.05) is 25.6 Å².